The largest absolute Gasteiger partial charge is 0.338 e. The molecule has 4 rings (SSSR count). The zero-order chi connectivity index (χ0) is 21.3. The number of hydrogen-bond acceptors (Lipinski definition) is 4. The molecule has 1 fully saturated rings. The van der Waals surface area contributed by atoms with Crippen molar-refractivity contribution in [3.05, 3.63) is 59.7 Å². The lowest BCUT2D eigenvalue weighted by atomic mass is 9.83. The van der Waals surface area contributed by atoms with E-state index in [2.05, 4.69) is 10.3 Å². The Morgan fingerprint density at radius 2 is 1.63 bits per heavy atom. The molecule has 2 amide bonds. The van der Waals surface area contributed by atoms with Crippen LogP contribution in [0.15, 0.2) is 48.5 Å². The number of nitrogens with zero attached hydrogens (tertiary/aromatic N) is 5. The number of benzene rings is 2. The first-order valence-electron chi connectivity index (χ1n) is 10.4. The van der Waals surface area contributed by atoms with E-state index in [-0.39, 0.29) is 11.8 Å². The molecule has 0 aliphatic carbocycles. The van der Waals surface area contributed by atoms with Gasteiger partial charge >= 0.3 is 0 Å². The fourth-order valence-corrected chi connectivity index (χ4v) is 4.01. The van der Waals surface area contributed by atoms with E-state index >= 15 is 0 Å². The summed E-state index contributed by atoms with van der Waals surface area (Å²) in [6.45, 7) is 8.78. The number of fused-ring (bicyclic) bond motifs is 1. The Bertz CT molecular complexity index is 1070. The third-order valence-electron chi connectivity index (χ3n) is 5.94. The molecule has 0 spiro atoms. The average molecular weight is 406 g/mol. The number of aryl methyl sites for hydroxylation is 1. The van der Waals surface area contributed by atoms with E-state index in [1.807, 2.05) is 77.7 Å². The van der Waals surface area contributed by atoms with E-state index < -0.39 is 5.41 Å². The van der Waals surface area contributed by atoms with Crippen LogP contribution in [-0.2, 0) is 16.8 Å². The van der Waals surface area contributed by atoms with Gasteiger partial charge in [-0.15, -0.1) is 5.10 Å². The van der Waals surface area contributed by atoms with Crippen molar-refractivity contribution in [2.75, 3.05) is 26.2 Å². The molecule has 1 aromatic heterocycles. The van der Waals surface area contributed by atoms with Gasteiger partial charge in [0.15, 0.2) is 0 Å². The third-order valence-corrected chi connectivity index (χ3v) is 5.94. The summed E-state index contributed by atoms with van der Waals surface area (Å²) < 4.78 is 1.81. The first-order valence-corrected chi connectivity index (χ1v) is 10.4. The van der Waals surface area contributed by atoms with E-state index in [1.54, 1.807) is 6.07 Å². The van der Waals surface area contributed by atoms with Crippen molar-refractivity contribution < 1.29 is 9.59 Å². The molecule has 3 aromatic rings. The molecule has 1 aliphatic rings. The van der Waals surface area contributed by atoms with Crippen LogP contribution in [0.2, 0.25) is 0 Å². The van der Waals surface area contributed by atoms with Crippen LogP contribution in [0, 0.1) is 0 Å². The van der Waals surface area contributed by atoms with E-state index in [9.17, 15) is 9.59 Å². The summed E-state index contributed by atoms with van der Waals surface area (Å²) in [5.41, 5.74) is 2.66. The van der Waals surface area contributed by atoms with Crippen LogP contribution >= 0.6 is 0 Å². The van der Waals surface area contributed by atoms with Gasteiger partial charge in [0.05, 0.1) is 10.9 Å². The van der Waals surface area contributed by atoms with E-state index in [4.69, 9.17) is 0 Å². The second kappa shape index (κ2) is 7.89. The Morgan fingerprint density at radius 3 is 2.30 bits per heavy atom. The van der Waals surface area contributed by atoms with Crippen molar-refractivity contribution in [1.29, 1.82) is 0 Å². The highest BCUT2D eigenvalue weighted by atomic mass is 16.2. The zero-order valence-corrected chi connectivity index (χ0v) is 17.7. The molecule has 0 radical (unpaired) electrons. The molecule has 0 bridgehead atoms. The van der Waals surface area contributed by atoms with Gasteiger partial charge in [-0.2, -0.15) is 0 Å². The molecule has 0 unspecified atom stereocenters. The second-order valence-corrected chi connectivity index (χ2v) is 8.18. The van der Waals surface area contributed by atoms with Crippen LogP contribution in [-0.4, -0.2) is 62.8 Å². The maximum absolute atomic E-state index is 13.1. The molecule has 1 saturated heterocycles. The highest BCUT2D eigenvalue weighted by molar-refractivity contribution is 5.97. The molecular formula is C23H27N5O2. The Balaban J connectivity index is 1.43. The molecule has 7 nitrogen and oxygen atoms in total. The standard InChI is InChI=1S/C23H27N5O2/c1-4-28-20-11-10-17(16-19(20)24-25-28)21(29)26-12-14-27(15-13-26)22(30)23(2,3)18-8-6-5-7-9-18/h5-11,16H,4,12-15H2,1-3H3. The normalized spacial score (nSPS) is 14.9. The van der Waals surface area contributed by atoms with Gasteiger partial charge in [0.1, 0.15) is 5.52 Å². The summed E-state index contributed by atoms with van der Waals surface area (Å²) >= 11 is 0. The number of rotatable bonds is 4. The first kappa shape index (κ1) is 20.1. The van der Waals surface area contributed by atoms with Gasteiger partial charge in [-0.25, -0.2) is 4.68 Å². The van der Waals surface area contributed by atoms with Gasteiger partial charge in [0.2, 0.25) is 5.91 Å². The molecule has 7 heteroatoms. The van der Waals surface area contributed by atoms with Gasteiger partial charge in [-0.05, 0) is 44.5 Å². The zero-order valence-electron chi connectivity index (χ0n) is 17.7. The number of amides is 2. The fourth-order valence-electron chi connectivity index (χ4n) is 4.01. The predicted octanol–water partition coefficient (Wildman–Crippen LogP) is 2.71. The molecule has 30 heavy (non-hydrogen) atoms. The van der Waals surface area contributed by atoms with Crippen molar-refractivity contribution >= 4 is 22.8 Å². The second-order valence-electron chi connectivity index (χ2n) is 8.18. The monoisotopic (exact) mass is 405 g/mol. The number of carbonyl (C=O) groups excluding carboxylic acids is 2. The average Bonchev–Trinajstić information content (AvgIpc) is 3.21. The van der Waals surface area contributed by atoms with Crippen molar-refractivity contribution in [3.8, 4) is 0 Å². The lowest BCUT2D eigenvalue weighted by Gasteiger charge is -2.38. The summed E-state index contributed by atoms with van der Waals surface area (Å²) in [5.74, 6) is 0.0655. The Kier molecular flexibility index (Phi) is 5.28. The lowest BCUT2D eigenvalue weighted by molar-refractivity contribution is -0.137. The quantitative estimate of drug-likeness (QED) is 0.669. The summed E-state index contributed by atoms with van der Waals surface area (Å²) in [5, 5.41) is 8.26. The number of piperazine rings is 1. The minimum Gasteiger partial charge on any atom is -0.338 e. The molecule has 1 aliphatic heterocycles. The van der Waals surface area contributed by atoms with Crippen LogP contribution in [0.4, 0.5) is 0 Å². The Hall–Kier alpha value is -3.22. The SMILES string of the molecule is CCn1nnc2cc(C(=O)N3CCN(C(=O)C(C)(C)c4ccccc4)CC3)ccc21. The van der Waals surface area contributed by atoms with Crippen LogP contribution in [0.25, 0.3) is 11.0 Å². The van der Waals surface area contributed by atoms with Gasteiger partial charge in [-0.1, -0.05) is 35.5 Å². The third kappa shape index (κ3) is 3.56. The smallest absolute Gasteiger partial charge is 0.254 e. The van der Waals surface area contributed by atoms with Gasteiger partial charge in [0.25, 0.3) is 5.91 Å². The lowest BCUT2D eigenvalue weighted by Crippen LogP contribution is -2.54. The maximum atomic E-state index is 13.1. The molecule has 2 heterocycles. The molecule has 0 saturated carbocycles. The van der Waals surface area contributed by atoms with Crippen LogP contribution in [0.5, 0.6) is 0 Å². The predicted molar refractivity (Wildman–Crippen MR) is 115 cm³/mol. The van der Waals surface area contributed by atoms with Crippen molar-refractivity contribution in [1.82, 2.24) is 24.8 Å². The van der Waals surface area contributed by atoms with E-state index in [1.165, 1.54) is 0 Å². The first-order chi connectivity index (χ1) is 14.4. The van der Waals surface area contributed by atoms with Crippen molar-refractivity contribution in [2.45, 2.75) is 32.7 Å². The minimum atomic E-state index is -0.594. The number of aromatic nitrogens is 3. The highest BCUT2D eigenvalue weighted by Crippen LogP contribution is 2.26. The van der Waals surface area contributed by atoms with Crippen molar-refractivity contribution in [3.63, 3.8) is 0 Å². The van der Waals surface area contributed by atoms with Gasteiger partial charge in [-0.3, -0.25) is 9.59 Å². The van der Waals surface area contributed by atoms with Gasteiger partial charge < -0.3 is 9.80 Å². The molecule has 2 aromatic carbocycles. The topological polar surface area (TPSA) is 71.3 Å². The molecular weight excluding hydrogens is 378 g/mol. The maximum Gasteiger partial charge on any atom is 0.254 e. The number of hydrogen-bond donors (Lipinski definition) is 0. The highest BCUT2D eigenvalue weighted by Gasteiger charge is 2.35. The Labute approximate surface area is 176 Å². The fraction of sp³-hybridized carbons (Fsp3) is 0.391. The number of carbonyl (C=O) groups is 2. The van der Waals surface area contributed by atoms with E-state index in [0.29, 0.717) is 31.7 Å². The summed E-state index contributed by atoms with van der Waals surface area (Å²) in [7, 11) is 0. The van der Waals surface area contributed by atoms with E-state index in [0.717, 1.165) is 23.1 Å². The summed E-state index contributed by atoms with van der Waals surface area (Å²) in [6, 6.07) is 15.4. The minimum absolute atomic E-state index is 0.0302. The molecule has 0 N–H and O–H groups in total. The Morgan fingerprint density at radius 1 is 0.967 bits per heavy atom. The summed E-state index contributed by atoms with van der Waals surface area (Å²) in [4.78, 5) is 29.8. The molecule has 156 valence electrons. The van der Waals surface area contributed by atoms with Gasteiger partial charge in [0, 0.05) is 38.3 Å². The van der Waals surface area contributed by atoms with Crippen LogP contribution in [0.1, 0.15) is 36.7 Å². The van der Waals surface area contributed by atoms with Crippen LogP contribution in [0.3, 0.4) is 0 Å². The van der Waals surface area contributed by atoms with Crippen LogP contribution < -0.4 is 0 Å². The summed E-state index contributed by atoms with van der Waals surface area (Å²) in [6.07, 6.45) is 0. The molecule has 0 atom stereocenters. The van der Waals surface area contributed by atoms with Crippen molar-refractivity contribution in [2.24, 2.45) is 0 Å².